The Morgan fingerprint density at radius 3 is 2.71 bits per heavy atom. The van der Waals surface area contributed by atoms with Crippen molar-refractivity contribution in [3.63, 3.8) is 0 Å². The predicted octanol–water partition coefficient (Wildman–Crippen LogP) is 4.14. The van der Waals surface area contributed by atoms with Crippen molar-refractivity contribution in [1.29, 1.82) is 0 Å². The lowest BCUT2D eigenvalue weighted by Crippen LogP contribution is -2.03. The van der Waals surface area contributed by atoms with Crippen LogP contribution in [-0.4, -0.2) is 20.3 Å². The van der Waals surface area contributed by atoms with Crippen molar-refractivity contribution in [3.05, 3.63) is 51.2 Å². The standard InChI is InChI=1S/C17H23NO2S/c1-13-9-16(14(2)21-13)11-18-17-6-4-5-15(10-17)12-20-8-7-19-3/h4-6,9-10,18H,7-8,11-12H2,1-3H3. The summed E-state index contributed by atoms with van der Waals surface area (Å²) >= 11 is 1.85. The second-order valence-electron chi connectivity index (χ2n) is 5.04. The Labute approximate surface area is 130 Å². The minimum atomic E-state index is 0.621. The number of methoxy groups -OCH3 is 1. The molecule has 0 bridgehead atoms. The maximum absolute atomic E-state index is 5.55. The minimum Gasteiger partial charge on any atom is -0.382 e. The zero-order chi connectivity index (χ0) is 15.1. The van der Waals surface area contributed by atoms with Crippen LogP contribution in [-0.2, 0) is 22.6 Å². The summed E-state index contributed by atoms with van der Waals surface area (Å²) < 4.78 is 10.5. The topological polar surface area (TPSA) is 30.5 Å². The van der Waals surface area contributed by atoms with Gasteiger partial charge in [0.2, 0.25) is 0 Å². The lowest BCUT2D eigenvalue weighted by Gasteiger charge is -2.09. The summed E-state index contributed by atoms with van der Waals surface area (Å²) in [5, 5.41) is 3.48. The third kappa shape index (κ3) is 5.16. The molecule has 0 spiro atoms. The Bertz CT molecular complexity index is 566. The normalized spacial score (nSPS) is 10.8. The summed E-state index contributed by atoms with van der Waals surface area (Å²) in [6.45, 7) is 7.07. The van der Waals surface area contributed by atoms with Gasteiger partial charge in [-0.15, -0.1) is 11.3 Å². The van der Waals surface area contributed by atoms with Crippen LogP contribution in [0.3, 0.4) is 0 Å². The van der Waals surface area contributed by atoms with Crippen molar-refractivity contribution >= 4 is 17.0 Å². The molecular weight excluding hydrogens is 282 g/mol. The predicted molar refractivity (Wildman–Crippen MR) is 89.1 cm³/mol. The molecule has 1 aromatic carbocycles. The van der Waals surface area contributed by atoms with Crippen molar-refractivity contribution in [2.75, 3.05) is 25.6 Å². The molecule has 0 saturated carbocycles. The second-order valence-corrected chi connectivity index (χ2v) is 6.50. The number of hydrogen-bond donors (Lipinski definition) is 1. The van der Waals surface area contributed by atoms with Gasteiger partial charge in [0.1, 0.15) is 0 Å². The molecule has 1 heterocycles. The van der Waals surface area contributed by atoms with Crippen LogP contribution in [0.1, 0.15) is 20.9 Å². The van der Waals surface area contributed by atoms with E-state index in [-0.39, 0.29) is 0 Å². The highest BCUT2D eigenvalue weighted by atomic mass is 32.1. The Balaban J connectivity index is 1.87. The Hall–Kier alpha value is -1.36. The van der Waals surface area contributed by atoms with E-state index in [9.17, 15) is 0 Å². The van der Waals surface area contributed by atoms with Crippen LogP contribution in [0, 0.1) is 13.8 Å². The number of hydrogen-bond acceptors (Lipinski definition) is 4. The molecule has 3 nitrogen and oxygen atoms in total. The number of rotatable bonds is 8. The molecule has 4 heteroatoms. The molecule has 114 valence electrons. The van der Waals surface area contributed by atoms with Crippen LogP contribution >= 0.6 is 11.3 Å². The fraction of sp³-hybridized carbons (Fsp3) is 0.412. The van der Waals surface area contributed by atoms with Gasteiger partial charge in [-0.3, -0.25) is 0 Å². The van der Waals surface area contributed by atoms with Gasteiger partial charge in [-0.05, 0) is 43.2 Å². The summed E-state index contributed by atoms with van der Waals surface area (Å²) in [6.07, 6.45) is 0. The number of thiophene rings is 1. The molecule has 2 aromatic rings. The van der Waals surface area contributed by atoms with Crippen LogP contribution in [0.15, 0.2) is 30.3 Å². The fourth-order valence-corrected chi connectivity index (χ4v) is 3.11. The molecule has 0 unspecified atom stereocenters. The smallest absolute Gasteiger partial charge is 0.0718 e. The number of benzene rings is 1. The summed E-state index contributed by atoms with van der Waals surface area (Å²) in [7, 11) is 1.68. The lowest BCUT2D eigenvalue weighted by molar-refractivity contribution is 0.0617. The van der Waals surface area contributed by atoms with Crippen molar-refractivity contribution in [1.82, 2.24) is 0 Å². The molecule has 0 radical (unpaired) electrons. The average Bonchev–Trinajstić information content (AvgIpc) is 2.80. The zero-order valence-electron chi connectivity index (χ0n) is 12.9. The Kier molecular flexibility index (Phi) is 6.23. The SMILES string of the molecule is COCCOCc1cccc(NCc2cc(C)sc2C)c1. The minimum absolute atomic E-state index is 0.621. The first-order valence-corrected chi connectivity index (χ1v) is 7.96. The Morgan fingerprint density at radius 1 is 1.14 bits per heavy atom. The average molecular weight is 305 g/mol. The van der Waals surface area contributed by atoms with E-state index in [0.717, 1.165) is 12.2 Å². The zero-order valence-corrected chi connectivity index (χ0v) is 13.8. The first-order valence-electron chi connectivity index (χ1n) is 7.14. The quantitative estimate of drug-likeness (QED) is 0.744. The van der Waals surface area contributed by atoms with Crippen LogP contribution < -0.4 is 5.32 Å². The van der Waals surface area contributed by atoms with Crippen LogP contribution in [0.25, 0.3) is 0 Å². The van der Waals surface area contributed by atoms with Gasteiger partial charge in [-0.1, -0.05) is 12.1 Å². The molecule has 0 aliphatic carbocycles. The third-order valence-corrected chi connectivity index (χ3v) is 4.26. The van der Waals surface area contributed by atoms with Gasteiger partial charge in [0.05, 0.1) is 19.8 Å². The molecule has 0 aliphatic heterocycles. The van der Waals surface area contributed by atoms with Gasteiger partial charge in [0.15, 0.2) is 0 Å². The van der Waals surface area contributed by atoms with Gasteiger partial charge in [-0.25, -0.2) is 0 Å². The molecular formula is C17H23NO2S. The van der Waals surface area contributed by atoms with Gasteiger partial charge in [0.25, 0.3) is 0 Å². The van der Waals surface area contributed by atoms with Gasteiger partial charge < -0.3 is 14.8 Å². The molecule has 1 N–H and O–H groups in total. The summed E-state index contributed by atoms with van der Waals surface area (Å²) in [4.78, 5) is 2.75. The van der Waals surface area contributed by atoms with E-state index in [1.165, 1.54) is 20.9 Å². The monoisotopic (exact) mass is 305 g/mol. The van der Waals surface area contributed by atoms with E-state index in [1.807, 2.05) is 11.3 Å². The highest BCUT2D eigenvalue weighted by Gasteiger charge is 2.03. The van der Waals surface area contributed by atoms with Gasteiger partial charge in [-0.2, -0.15) is 0 Å². The summed E-state index contributed by atoms with van der Waals surface area (Å²) in [6, 6.07) is 10.6. The summed E-state index contributed by atoms with van der Waals surface area (Å²) in [5.41, 5.74) is 3.68. The molecule has 0 atom stereocenters. The number of aryl methyl sites for hydroxylation is 2. The molecule has 1 aromatic heterocycles. The van der Waals surface area contributed by atoms with Crippen molar-refractivity contribution in [2.45, 2.75) is 27.0 Å². The second kappa shape index (κ2) is 8.17. The highest BCUT2D eigenvalue weighted by molar-refractivity contribution is 7.12. The number of ether oxygens (including phenoxy) is 2. The first-order chi connectivity index (χ1) is 10.2. The molecule has 0 saturated heterocycles. The molecule has 0 aliphatic rings. The van der Waals surface area contributed by atoms with E-state index in [2.05, 4.69) is 49.5 Å². The van der Waals surface area contributed by atoms with E-state index in [4.69, 9.17) is 9.47 Å². The van der Waals surface area contributed by atoms with E-state index in [1.54, 1.807) is 7.11 Å². The van der Waals surface area contributed by atoms with E-state index >= 15 is 0 Å². The highest BCUT2D eigenvalue weighted by Crippen LogP contribution is 2.22. The third-order valence-electron chi connectivity index (χ3n) is 3.25. The van der Waals surface area contributed by atoms with Gasteiger partial charge in [0, 0.05) is 29.1 Å². The summed E-state index contributed by atoms with van der Waals surface area (Å²) in [5.74, 6) is 0. The van der Waals surface area contributed by atoms with Crippen LogP contribution in [0.2, 0.25) is 0 Å². The largest absolute Gasteiger partial charge is 0.382 e. The van der Waals surface area contributed by atoms with Crippen molar-refractivity contribution < 1.29 is 9.47 Å². The van der Waals surface area contributed by atoms with E-state index in [0.29, 0.717) is 19.8 Å². The number of anilines is 1. The van der Waals surface area contributed by atoms with Crippen molar-refractivity contribution in [3.8, 4) is 0 Å². The molecule has 2 rings (SSSR count). The first kappa shape index (κ1) is 16.0. The lowest BCUT2D eigenvalue weighted by atomic mass is 10.2. The maximum Gasteiger partial charge on any atom is 0.0718 e. The van der Waals surface area contributed by atoms with E-state index < -0.39 is 0 Å². The fourth-order valence-electron chi connectivity index (χ4n) is 2.16. The number of nitrogens with one attached hydrogen (secondary N) is 1. The molecule has 21 heavy (non-hydrogen) atoms. The van der Waals surface area contributed by atoms with Crippen LogP contribution in [0.4, 0.5) is 5.69 Å². The van der Waals surface area contributed by atoms with Crippen LogP contribution in [0.5, 0.6) is 0 Å². The molecule has 0 amide bonds. The van der Waals surface area contributed by atoms with Crippen molar-refractivity contribution in [2.24, 2.45) is 0 Å². The Morgan fingerprint density at radius 2 is 2.00 bits per heavy atom. The maximum atomic E-state index is 5.55. The van der Waals surface area contributed by atoms with Gasteiger partial charge >= 0.3 is 0 Å². The molecule has 0 fully saturated rings.